The van der Waals surface area contributed by atoms with E-state index in [0.717, 1.165) is 22.9 Å². The highest BCUT2D eigenvalue weighted by Gasteiger charge is 2.14. The lowest BCUT2D eigenvalue weighted by atomic mass is 10.0. The van der Waals surface area contributed by atoms with Crippen LogP contribution in [0.2, 0.25) is 0 Å². The zero-order chi connectivity index (χ0) is 17.5. The van der Waals surface area contributed by atoms with Crippen LogP contribution < -0.4 is 9.47 Å². The molecule has 2 rings (SSSR count). The molecular formula is C20H23BrO3. The second-order valence-corrected chi connectivity index (χ2v) is 6.87. The van der Waals surface area contributed by atoms with Crippen LogP contribution in [0, 0.1) is 0 Å². The Bertz CT molecular complexity index is 695. The Morgan fingerprint density at radius 2 is 1.96 bits per heavy atom. The molecule has 128 valence electrons. The Hall–Kier alpha value is -1.81. The van der Waals surface area contributed by atoms with Crippen molar-refractivity contribution in [1.29, 1.82) is 0 Å². The summed E-state index contributed by atoms with van der Waals surface area (Å²) in [5.74, 6) is 1.17. The summed E-state index contributed by atoms with van der Waals surface area (Å²) in [5, 5.41) is 0. The van der Waals surface area contributed by atoms with Crippen LogP contribution in [0.5, 0.6) is 11.5 Å². The molecule has 2 aromatic rings. The molecule has 0 aliphatic rings. The van der Waals surface area contributed by atoms with Crippen molar-refractivity contribution in [3.05, 3.63) is 58.1 Å². The second kappa shape index (κ2) is 8.88. The molecule has 0 unspecified atom stereocenters. The van der Waals surface area contributed by atoms with E-state index in [1.165, 1.54) is 0 Å². The summed E-state index contributed by atoms with van der Waals surface area (Å²) in [6.07, 6.45) is 2.06. The molecule has 4 heteroatoms. The van der Waals surface area contributed by atoms with E-state index in [0.29, 0.717) is 23.7 Å². The Labute approximate surface area is 152 Å². The van der Waals surface area contributed by atoms with Gasteiger partial charge >= 0.3 is 5.97 Å². The molecule has 3 nitrogen and oxygen atoms in total. The lowest BCUT2D eigenvalue weighted by Gasteiger charge is -2.13. The first-order chi connectivity index (χ1) is 11.5. The van der Waals surface area contributed by atoms with Crippen molar-refractivity contribution in [2.24, 2.45) is 0 Å². The minimum Gasteiger partial charge on any atom is -0.494 e. The van der Waals surface area contributed by atoms with E-state index < -0.39 is 0 Å². The van der Waals surface area contributed by atoms with Crippen molar-refractivity contribution >= 4 is 21.9 Å². The summed E-state index contributed by atoms with van der Waals surface area (Å²) in [6, 6.07) is 12.8. The molecule has 0 saturated heterocycles. The second-order valence-electron chi connectivity index (χ2n) is 5.96. The summed E-state index contributed by atoms with van der Waals surface area (Å²) in [7, 11) is 0. The van der Waals surface area contributed by atoms with Gasteiger partial charge in [0.1, 0.15) is 11.5 Å². The Morgan fingerprint density at radius 1 is 1.17 bits per heavy atom. The van der Waals surface area contributed by atoms with E-state index in [9.17, 15) is 4.79 Å². The van der Waals surface area contributed by atoms with Crippen molar-refractivity contribution in [2.75, 3.05) is 6.61 Å². The van der Waals surface area contributed by atoms with Gasteiger partial charge in [-0.05, 0) is 54.3 Å². The van der Waals surface area contributed by atoms with Gasteiger partial charge in [0.05, 0.1) is 12.2 Å². The highest BCUT2D eigenvalue weighted by atomic mass is 79.9. The number of esters is 1. The summed E-state index contributed by atoms with van der Waals surface area (Å²) < 4.78 is 12.2. The van der Waals surface area contributed by atoms with Crippen LogP contribution in [0.3, 0.4) is 0 Å². The van der Waals surface area contributed by atoms with Gasteiger partial charge in [-0.3, -0.25) is 0 Å². The normalized spacial score (nSPS) is 10.7. The van der Waals surface area contributed by atoms with Gasteiger partial charge < -0.3 is 9.47 Å². The van der Waals surface area contributed by atoms with Crippen LogP contribution in [0.4, 0.5) is 0 Å². The van der Waals surface area contributed by atoms with Gasteiger partial charge in [-0.25, -0.2) is 4.79 Å². The first kappa shape index (κ1) is 18.5. The minimum absolute atomic E-state index is 0.258. The molecule has 0 fully saturated rings. The quantitative estimate of drug-likeness (QED) is 0.331. The smallest absolute Gasteiger partial charge is 0.343 e. The van der Waals surface area contributed by atoms with E-state index in [1.54, 1.807) is 12.1 Å². The van der Waals surface area contributed by atoms with Crippen molar-refractivity contribution in [2.45, 2.75) is 39.5 Å². The van der Waals surface area contributed by atoms with E-state index in [4.69, 9.17) is 9.47 Å². The molecule has 0 bridgehead atoms. The maximum Gasteiger partial charge on any atom is 0.343 e. The maximum absolute atomic E-state index is 12.5. The number of rotatable bonds is 7. The van der Waals surface area contributed by atoms with Crippen LogP contribution in [0.25, 0.3) is 0 Å². The minimum atomic E-state index is -0.375. The first-order valence-corrected chi connectivity index (χ1v) is 9.05. The predicted octanol–water partition coefficient (Wildman–Crippen LogP) is 5.97. The van der Waals surface area contributed by atoms with Crippen molar-refractivity contribution < 1.29 is 14.3 Å². The number of ether oxygens (including phenoxy) is 2. The van der Waals surface area contributed by atoms with Gasteiger partial charge in [-0.1, -0.05) is 49.2 Å². The lowest BCUT2D eigenvalue weighted by Crippen LogP contribution is -2.10. The fourth-order valence-corrected chi connectivity index (χ4v) is 2.65. The number of benzene rings is 2. The van der Waals surface area contributed by atoms with Crippen molar-refractivity contribution in [1.82, 2.24) is 0 Å². The van der Waals surface area contributed by atoms with Gasteiger partial charge in [0.25, 0.3) is 0 Å². The van der Waals surface area contributed by atoms with Gasteiger partial charge in [0.2, 0.25) is 0 Å². The number of unbranched alkanes of at least 4 members (excludes halogenated alkanes) is 1. The number of hydrogen-bond donors (Lipinski definition) is 0. The van der Waals surface area contributed by atoms with Crippen molar-refractivity contribution in [3.63, 3.8) is 0 Å². The zero-order valence-corrected chi connectivity index (χ0v) is 15.9. The fourth-order valence-electron chi connectivity index (χ4n) is 2.27. The molecule has 0 amide bonds. The SMILES string of the molecule is CCCCOc1cccc(C(=O)Oc2ccc(Br)cc2C(C)C)c1. The molecule has 0 aliphatic carbocycles. The highest BCUT2D eigenvalue weighted by Crippen LogP contribution is 2.30. The van der Waals surface area contributed by atoms with Gasteiger partial charge in [0, 0.05) is 4.47 Å². The maximum atomic E-state index is 12.5. The average molecular weight is 391 g/mol. The summed E-state index contributed by atoms with van der Waals surface area (Å²) in [6.45, 7) is 6.91. The third-order valence-corrected chi connectivity index (χ3v) is 4.13. The van der Waals surface area contributed by atoms with Gasteiger partial charge in [-0.15, -0.1) is 0 Å². The largest absolute Gasteiger partial charge is 0.494 e. The Morgan fingerprint density at radius 3 is 2.67 bits per heavy atom. The Kier molecular flexibility index (Phi) is 6.85. The summed E-state index contributed by atoms with van der Waals surface area (Å²) in [4.78, 5) is 12.5. The topological polar surface area (TPSA) is 35.5 Å². The number of halogens is 1. The zero-order valence-electron chi connectivity index (χ0n) is 14.3. The van der Waals surface area contributed by atoms with Crippen LogP contribution >= 0.6 is 15.9 Å². The lowest BCUT2D eigenvalue weighted by molar-refractivity contribution is 0.0732. The van der Waals surface area contributed by atoms with E-state index in [2.05, 4.69) is 36.7 Å². The van der Waals surface area contributed by atoms with Crippen molar-refractivity contribution in [3.8, 4) is 11.5 Å². The number of carbonyl (C=O) groups excluding carboxylic acids is 1. The molecule has 0 N–H and O–H groups in total. The summed E-state index contributed by atoms with van der Waals surface area (Å²) in [5.41, 5.74) is 1.48. The Balaban J connectivity index is 2.14. The average Bonchev–Trinajstić information content (AvgIpc) is 2.57. The molecule has 0 saturated carbocycles. The van der Waals surface area contributed by atoms with Crippen LogP contribution in [0.15, 0.2) is 46.9 Å². The molecule has 24 heavy (non-hydrogen) atoms. The molecule has 0 spiro atoms. The molecule has 2 aromatic carbocycles. The number of hydrogen-bond acceptors (Lipinski definition) is 3. The van der Waals surface area contributed by atoms with E-state index in [1.807, 2.05) is 30.3 Å². The molecular weight excluding hydrogens is 368 g/mol. The third kappa shape index (κ3) is 5.10. The highest BCUT2D eigenvalue weighted by molar-refractivity contribution is 9.10. The van der Waals surface area contributed by atoms with E-state index >= 15 is 0 Å². The molecule has 0 radical (unpaired) electrons. The molecule has 0 aliphatic heterocycles. The molecule has 0 aromatic heterocycles. The van der Waals surface area contributed by atoms with Crippen LogP contribution in [-0.2, 0) is 0 Å². The van der Waals surface area contributed by atoms with E-state index in [-0.39, 0.29) is 11.9 Å². The standard InChI is InChI=1S/C20H23BrO3/c1-4-5-11-23-17-8-6-7-15(12-17)20(22)24-19-10-9-16(21)13-18(19)14(2)3/h6-10,12-14H,4-5,11H2,1-3H3. The van der Waals surface area contributed by atoms with Gasteiger partial charge in [-0.2, -0.15) is 0 Å². The monoisotopic (exact) mass is 390 g/mol. The summed E-state index contributed by atoms with van der Waals surface area (Å²) >= 11 is 3.46. The fraction of sp³-hybridized carbons (Fsp3) is 0.350. The van der Waals surface area contributed by atoms with Crippen LogP contribution in [-0.4, -0.2) is 12.6 Å². The predicted molar refractivity (Wildman–Crippen MR) is 100 cm³/mol. The molecule has 0 atom stereocenters. The first-order valence-electron chi connectivity index (χ1n) is 8.25. The number of carbonyl (C=O) groups is 1. The third-order valence-electron chi connectivity index (χ3n) is 3.63. The van der Waals surface area contributed by atoms with Gasteiger partial charge in [0.15, 0.2) is 0 Å². The van der Waals surface area contributed by atoms with Crippen LogP contribution in [0.1, 0.15) is 55.5 Å². The molecule has 0 heterocycles.